The number of carboxylic acid groups (broad SMARTS) is 1. The molecule has 2 nitrogen and oxygen atoms in total. The molecule has 1 N–H and O–H groups in total. The predicted molar refractivity (Wildman–Crippen MR) is 23.6 cm³/mol. The first kappa shape index (κ1) is 4.37. The van der Waals surface area contributed by atoms with E-state index in [9.17, 15) is 4.79 Å². The number of rotatable bonds is 1. The van der Waals surface area contributed by atoms with E-state index >= 15 is 0 Å². The minimum absolute atomic E-state index is 0.306. The maximum Gasteiger partial charge on any atom is 0.311 e. The van der Waals surface area contributed by atoms with Gasteiger partial charge in [-0.25, -0.2) is 0 Å². The Kier molecular flexibility index (Phi) is 0.855. The van der Waals surface area contributed by atoms with Gasteiger partial charge >= 0.3 is 5.97 Å². The molecule has 0 amide bonds. The average molecular weight is 97.1 g/mol. The van der Waals surface area contributed by atoms with Gasteiger partial charge in [0.05, 0.1) is 5.92 Å². The third-order valence-corrected chi connectivity index (χ3v) is 0.971. The maximum atomic E-state index is 9.90. The van der Waals surface area contributed by atoms with Gasteiger partial charge in [0.15, 0.2) is 0 Å². The molecule has 0 aromatic carbocycles. The Morgan fingerprint density at radius 3 is 2.57 bits per heavy atom. The molecule has 0 aromatic heterocycles. The van der Waals surface area contributed by atoms with E-state index < -0.39 is 5.97 Å². The molecule has 37 valence electrons. The van der Waals surface area contributed by atoms with Crippen molar-refractivity contribution in [2.75, 3.05) is 0 Å². The first-order valence-electron chi connectivity index (χ1n) is 2.11. The van der Waals surface area contributed by atoms with E-state index in [1.165, 1.54) is 0 Å². The molecule has 0 heterocycles. The number of carbonyl (C=O) groups is 1. The molecule has 1 aliphatic rings. The standard InChI is InChI=1S/C5H5O2/c6-5(7)4-2-1-3-4/h1,4H,2H2,(H,6,7). The van der Waals surface area contributed by atoms with E-state index in [4.69, 9.17) is 5.11 Å². The van der Waals surface area contributed by atoms with Crippen LogP contribution in [0.1, 0.15) is 6.42 Å². The fourth-order valence-corrected chi connectivity index (χ4v) is 0.408. The molecule has 7 heavy (non-hydrogen) atoms. The van der Waals surface area contributed by atoms with Crippen molar-refractivity contribution in [1.82, 2.24) is 0 Å². The van der Waals surface area contributed by atoms with Crippen LogP contribution in [-0.4, -0.2) is 11.1 Å². The highest BCUT2D eigenvalue weighted by Gasteiger charge is 2.17. The van der Waals surface area contributed by atoms with Gasteiger partial charge in [-0.3, -0.25) is 4.79 Å². The molecular formula is C5H5O2. The summed E-state index contributed by atoms with van der Waals surface area (Å²) in [6.45, 7) is 0. The number of allylic oxidation sites excluding steroid dienone is 1. The minimum atomic E-state index is -0.762. The molecule has 0 saturated heterocycles. The van der Waals surface area contributed by atoms with E-state index in [-0.39, 0.29) is 5.92 Å². The lowest BCUT2D eigenvalue weighted by Gasteiger charge is -2.09. The lowest BCUT2D eigenvalue weighted by molar-refractivity contribution is -0.140. The summed E-state index contributed by atoms with van der Waals surface area (Å²) in [7, 11) is 0. The first-order chi connectivity index (χ1) is 3.30. The monoisotopic (exact) mass is 97.0 g/mol. The summed E-state index contributed by atoms with van der Waals surface area (Å²) in [6, 6.07) is 0. The molecule has 1 radical (unpaired) electrons. The summed E-state index contributed by atoms with van der Waals surface area (Å²) in [5.41, 5.74) is 0. The van der Waals surface area contributed by atoms with E-state index in [1.54, 1.807) is 6.08 Å². The molecule has 1 aliphatic carbocycles. The Morgan fingerprint density at radius 1 is 2.00 bits per heavy atom. The number of hydrogen-bond acceptors (Lipinski definition) is 1. The van der Waals surface area contributed by atoms with Crippen LogP contribution >= 0.6 is 0 Å². The molecule has 1 rings (SSSR count). The second kappa shape index (κ2) is 1.37. The van der Waals surface area contributed by atoms with Crippen molar-refractivity contribution in [2.24, 2.45) is 5.92 Å². The van der Waals surface area contributed by atoms with E-state index in [2.05, 4.69) is 6.08 Å². The number of aliphatic carboxylic acids is 1. The number of carboxylic acids is 1. The van der Waals surface area contributed by atoms with Gasteiger partial charge in [0.25, 0.3) is 0 Å². The van der Waals surface area contributed by atoms with Gasteiger partial charge in [0.2, 0.25) is 0 Å². The van der Waals surface area contributed by atoms with Crippen LogP contribution in [0.15, 0.2) is 6.08 Å². The van der Waals surface area contributed by atoms with Crippen LogP contribution in [0.3, 0.4) is 0 Å². The smallest absolute Gasteiger partial charge is 0.311 e. The third kappa shape index (κ3) is 0.633. The van der Waals surface area contributed by atoms with Crippen molar-refractivity contribution in [3.05, 3.63) is 12.2 Å². The molecular weight excluding hydrogens is 92.1 g/mol. The molecule has 0 spiro atoms. The molecule has 0 aromatic rings. The Hall–Kier alpha value is -0.790. The van der Waals surface area contributed by atoms with E-state index in [0.29, 0.717) is 6.42 Å². The summed E-state index contributed by atoms with van der Waals surface area (Å²) >= 11 is 0. The van der Waals surface area contributed by atoms with Crippen LogP contribution in [-0.2, 0) is 4.79 Å². The van der Waals surface area contributed by atoms with Crippen LogP contribution < -0.4 is 0 Å². The summed E-state index contributed by atoms with van der Waals surface area (Å²) < 4.78 is 0. The Morgan fingerprint density at radius 2 is 2.57 bits per heavy atom. The van der Waals surface area contributed by atoms with Crippen LogP contribution in [0.5, 0.6) is 0 Å². The highest BCUT2D eigenvalue weighted by atomic mass is 16.4. The van der Waals surface area contributed by atoms with Crippen molar-refractivity contribution in [2.45, 2.75) is 6.42 Å². The van der Waals surface area contributed by atoms with Crippen molar-refractivity contribution in [1.29, 1.82) is 0 Å². The number of hydrogen-bond donors (Lipinski definition) is 1. The summed E-state index contributed by atoms with van der Waals surface area (Å²) in [5.74, 6) is -1.07. The zero-order chi connectivity index (χ0) is 5.28. The summed E-state index contributed by atoms with van der Waals surface area (Å²) in [6.07, 6.45) is 5.02. The van der Waals surface area contributed by atoms with Crippen LogP contribution in [0.4, 0.5) is 0 Å². The topological polar surface area (TPSA) is 37.3 Å². The lowest BCUT2D eigenvalue weighted by atomic mass is 9.96. The largest absolute Gasteiger partial charge is 0.481 e. The van der Waals surface area contributed by atoms with E-state index in [0.717, 1.165) is 0 Å². The van der Waals surface area contributed by atoms with Gasteiger partial charge in [0.1, 0.15) is 0 Å². The molecule has 0 saturated carbocycles. The van der Waals surface area contributed by atoms with Crippen molar-refractivity contribution in [3.8, 4) is 0 Å². The molecule has 0 aliphatic heterocycles. The third-order valence-electron chi connectivity index (χ3n) is 0.971. The van der Waals surface area contributed by atoms with Gasteiger partial charge in [-0.05, 0) is 12.5 Å². The van der Waals surface area contributed by atoms with E-state index in [1.807, 2.05) is 0 Å². The van der Waals surface area contributed by atoms with Gasteiger partial charge < -0.3 is 5.11 Å². The maximum absolute atomic E-state index is 9.90. The van der Waals surface area contributed by atoms with Gasteiger partial charge in [-0.15, -0.1) is 0 Å². The van der Waals surface area contributed by atoms with Gasteiger partial charge in [-0.2, -0.15) is 0 Å². The van der Waals surface area contributed by atoms with Crippen molar-refractivity contribution in [3.63, 3.8) is 0 Å². The van der Waals surface area contributed by atoms with Crippen molar-refractivity contribution < 1.29 is 9.90 Å². The predicted octanol–water partition coefficient (Wildman–Crippen LogP) is 0.450. The fraction of sp³-hybridized carbons (Fsp3) is 0.400. The molecule has 0 bridgehead atoms. The first-order valence-corrected chi connectivity index (χ1v) is 2.11. The van der Waals surface area contributed by atoms with Crippen LogP contribution in [0, 0.1) is 12.0 Å². The minimum Gasteiger partial charge on any atom is -0.481 e. The van der Waals surface area contributed by atoms with Gasteiger partial charge in [0, 0.05) is 0 Å². The zero-order valence-corrected chi connectivity index (χ0v) is 3.72. The average Bonchev–Trinajstić information content (AvgIpc) is 1.23. The molecule has 1 unspecified atom stereocenters. The highest BCUT2D eigenvalue weighted by molar-refractivity contribution is 5.72. The van der Waals surface area contributed by atoms with Crippen molar-refractivity contribution >= 4 is 5.97 Å². The van der Waals surface area contributed by atoms with Crippen LogP contribution in [0.25, 0.3) is 0 Å². The Labute approximate surface area is 41.5 Å². The molecule has 0 fully saturated rings. The van der Waals surface area contributed by atoms with Crippen LogP contribution in [0.2, 0.25) is 0 Å². The Balaban J connectivity index is 2.44. The molecule has 1 atom stereocenters. The Bertz CT molecular complexity index is 115. The lowest BCUT2D eigenvalue weighted by Crippen LogP contribution is -2.15. The summed E-state index contributed by atoms with van der Waals surface area (Å²) in [5, 5.41) is 8.15. The fourth-order valence-electron chi connectivity index (χ4n) is 0.408. The van der Waals surface area contributed by atoms with Gasteiger partial charge in [-0.1, -0.05) is 6.08 Å². The molecule has 2 heteroatoms. The SMILES string of the molecule is O=C(O)C1[C]=CC1. The second-order valence-electron chi connectivity index (χ2n) is 1.50. The zero-order valence-electron chi connectivity index (χ0n) is 3.72. The second-order valence-corrected chi connectivity index (χ2v) is 1.50. The summed E-state index contributed by atoms with van der Waals surface area (Å²) in [4.78, 5) is 9.90. The highest BCUT2D eigenvalue weighted by Crippen LogP contribution is 2.14. The normalized spacial score (nSPS) is 26.6. The quantitative estimate of drug-likeness (QED) is 0.515.